The summed E-state index contributed by atoms with van der Waals surface area (Å²) in [6, 6.07) is 18.5. The van der Waals surface area contributed by atoms with Crippen LogP contribution >= 0.6 is 0 Å². The summed E-state index contributed by atoms with van der Waals surface area (Å²) in [5, 5.41) is 7.09. The molecule has 1 amide bonds. The van der Waals surface area contributed by atoms with Gasteiger partial charge in [0, 0.05) is 17.4 Å². The lowest BCUT2D eigenvalue weighted by Gasteiger charge is -2.08. The molecule has 0 fully saturated rings. The Morgan fingerprint density at radius 1 is 0.941 bits per heavy atom. The van der Waals surface area contributed by atoms with Gasteiger partial charge in [-0.15, -0.1) is 5.10 Å². The molecule has 4 rings (SSSR count). The van der Waals surface area contributed by atoms with Crippen molar-refractivity contribution in [2.24, 2.45) is 0 Å². The van der Waals surface area contributed by atoms with Crippen LogP contribution in [-0.2, 0) is 13.2 Å². The number of nitrogens with one attached hydrogen (secondary N) is 1. The summed E-state index contributed by atoms with van der Waals surface area (Å²) in [5.74, 6) is -1.36. The smallest absolute Gasteiger partial charge is 0.262 e. The van der Waals surface area contributed by atoms with E-state index in [1.54, 1.807) is 48.5 Å². The third-order valence-corrected chi connectivity index (χ3v) is 5.00. The minimum atomic E-state index is -0.500. The van der Waals surface area contributed by atoms with Gasteiger partial charge in [0.05, 0.1) is 6.54 Å². The van der Waals surface area contributed by atoms with Crippen molar-refractivity contribution >= 4 is 17.4 Å². The van der Waals surface area contributed by atoms with E-state index in [0.29, 0.717) is 22.4 Å². The second-order valence-corrected chi connectivity index (χ2v) is 7.69. The first-order chi connectivity index (χ1) is 16.4. The first-order valence-electron chi connectivity index (χ1n) is 10.5. The highest BCUT2D eigenvalue weighted by Gasteiger charge is 2.19. The number of benzene rings is 3. The van der Waals surface area contributed by atoms with Crippen LogP contribution in [0.1, 0.15) is 38.8 Å². The normalized spacial score (nSPS) is 10.7. The van der Waals surface area contributed by atoms with Crippen LogP contribution in [0.2, 0.25) is 0 Å². The van der Waals surface area contributed by atoms with Gasteiger partial charge in [0.25, 0.3) is 5.91 Å². The monoisotopic (exact) mass is 461 g/mol. The molecule has 6 nitrogen and oxygen atoms in total. The topological polar surface area (TPSA) is 73.2 Å². The van der Waals surface area contributed by atoms with Crippen molar-refractivity contribution in [3.63, 3.8) is 0 Å². The molecule has 1 aromatic heterocycles. The molecule has 0 saturated carbocycles. The maximum Gasteiger partial charge on any atom is 0.262 e. The Morgan fingerprint density at radius 2 is 1.62 bits per heavy atom. The molecule has 0 aliphatic rings. The Kier molecular flexibility index (Phi) is 6.77. The van der Waals surface area contributed by atoms with Crippen molar-refractivity contribution in [2.45, 2.75) is 20.1 Å². The summed E-state index contributed by atoms with van der Waals surface area (Å²) in [6.45, 7) is 1.64. The van der Waals surface area contributed by atoms with Crippen LogP contribution in [-0.4, -0.2) is 21.5 Å². The van der Waals surface area contributed by atoms with E-state index in [1.807, 2.05) is 0 Å². The highest BCUT2D eigenvalue weighted by molar-refractivity contribution is 6.06. The molecular weight excluding hydrogens is 440 g/mol. The van der Waals surface area contributed by atoms with Gasteiger partial charge >= 0.3 is 0 Å². The SMILES string of the molecule is CC(=O)c1cccc(NC(=O)c2cn(Cc3cccc(F)c3)nc2OCc2cccc(F)c2)c1. The number of anilines is 1. The van der Waals surface area contributed by atoms with E-state index in [1.165, 1.54) is 42.1 Å². The lowest BCUT2D eigenvalue weighted by atomic mass is 10.1. The number of hydrogen-bond donors (Lipinski definition) is 1. The number of nitrogens with zero attached hydrogens (tertiary/aromatic N) is 2. The van der Waals surface area contributed by atoms with Gasteiger partial charge in [-0.05, 0) is 54.4 Å². The van der Waals surface area contributed by atoms with Crippen LogP contribution in [0.15, 0.2) is 79.0 Å². The number of hydrogen-bond acceptors (Lipinski definition) is 4. The fraction of sp³-hybridized carbons (Fsp3) is 0.115. The van der Waals surface area contributed by atoms with Crippen molar-refractivity contribution in [3.8, 4) is 5.88 Å². The molecule has 8 heteroatoms. The molecule has 0 unspecified atom stereocenters. The summed E-state index contributed by atoms with van der Waals surface area (Å²) in [6.07, 6.45) is 1.50. The third-order valence-electron chi connectivity index (χ3n) is 5.00. The maximum absolute atomic E-state index is 13.6. The van der Waals surface area contributed by atoms with Crippen molar-refractivity contribution in [2.75, 3.05) is 5.32 Å². The van der Waals surface area contributed by atoms with E-state index in [2.05, 4.69) is 10.4 Å². The fourth-order valence-corrected chi connectivity index (χ4v) is 3.36. The molecule has 1 N–H and O–H groups in total. The molecular formula is C26H21F2N3O3. The number of aromatic nitrogens is 2. The second-order valence-electron chi connectivity index (χ2n) is 7.69. The molecule has 0 aliphatic heterocycles. The Labute approximate surface area is 194 Å². The Hall–Kier alpha value is -4.33. The van der Waals surface area contributed by atoms with Crippen LogP contribution in [0.3, 0.4) is 0 Å². The minimum absolute atomic E-state index is 0.00512. The number of carbonyl (C=O) groups is 2. The van der Waals surface area contributed by atoms with Crippen LogP contribution in [0.5, 0.6) is 5.88 Å². The summed E-state index contributed by atoms with van der Waals surface area (Å²) in [5.41, 5.74) is 2.26. The molecule has 0 atom stereocenters. The van der Waals surface area contributed by atoms with Crippen molar-refractivity contribution in [1.29, 1.82) is 0 Å². The van der Waals surface area contributed by atoms with Gasteiger partial charge in [-0.25, -0.2) is 8.78 Å². The number of amides is 1. The first kappa shape index (κ1) is 22.8. The quantitative estimate of drug-likeness (QED) is 0.364. The van der Waals surface area contributed by atoms with E-state index < -0.39 is 11.7 Å². The summed E-state index contributed by atoms with van der Waals surface area (Å²) < 4.78 is 34.3. The van der Waals surface area contributed by atoms with Gasteiger partial charge in [-0.2, -0.15) is 0 Å². The van der Waals surface area contributed by atoms with Crippen molar-refractivity contribution in [1.82, 2.24) is 9.78 Å². The number of ketones is 1. The molecule has 4 aromatic rings. The van der Waals surface area contributed by atoms with E-state index >= 15 is 0 Å². The number of carbonyl (C=O) groups excluding carboxylic acids is 2. The first-order valence-corrected chi connectivity index (χ1v) is 10.5. The fourth-order valence-electron chi connectivity index (χ4n) is 3.36. The van der Waals surface area contributed by atoms with Crippen molar-refractivity contribution in [3.05, 3.63) is 113 Å². The van der Waals surface area contributed by atoms with Gasteiger partial charge in [0.2, 0.25) is 5.88 Å². The zero-order valence-electron chi connectivity index (χ0n) is 18.3. The standard InChI is InChI=1S/C26H21F2N3O3/c1-17(32)20-7-4-10-23(13-20)29-25(33)24-15-31(14-18-5-2-8-21(27)11-18)30-26(24)34-16-19-6-3-9-22(28)12-19/h2-13,15H,14,16H2,1H3,(H,29,33). The highest BCUT2D eigenvalue weighted by Crippen LogP contribution is 2.21. The molecule has 0 bridgehead atoms. The summed E-state index contributed by atoms with van der Waals surface area (Å²) in [4.78, 5) is 24.7. The van der Waals surface area contributed by atoms with E-state index in [9.17, 15) is 18.4 Å². The van der Waals surface area contributed by atoms with E-state index in [4.69, 9.17) is 4.74 Å². The largest absolute Gasteiger partial charge is 0.471 e. The number of halogens is 2. The van der Waals surface area contributed by atoms with Crippen LogP contribution < -0.4 is 10.1 Å². The molecule has 34 heavy (non-hydrogen) atoms. The predicted molar refractivity (Wildman–Crippen MR) is 123 cm³/mol. The van der Waals surface area contributed by atoms with Gasteiger partial charge in [0.1, 0.15) is 23.8 Å². The number of ether oxygens (including phenoxy) is 1. The van der Waals surface area contributed by atoms with Gasteiger partial charge in [0.15, 0.2) is 5.78 Å². The lowest BCUT2D eigenvalue weighted by molar-refractivity contribution is 0.100. The molecule has 3 aromatic carbocycles. The van der Waals surface area contributed by atoms with E-state index in [-0.39, 0.29) is 36.2 Å². The minimum Gasteiger partial charge on any atom is -0.471 e. The van der Waals surface area contributed by atoms with E-state index in [0.717, 1.165) is 0 Å². The van der Waals surface area contributed by atoms with Gasteiger partial charge in [-0.3, -0.25) is 14.3 Å². The third kappa shape index (κ3) is 5.72. The molecule has 0 radical (unpaired) electrons. The second kappa shape index (κ2) is 10.1. The molecule has 0 spiro atoms. The predicted octanol–water partition coefficient (Wildman–Crippen LogP) is 5.24. The zero-order valence-corrected chi connectivity index (χ0v) is 18.3. The van der Waals surface area contributed by atoms with Gasteiger partial charge < -0.3 is 10.1 Å². The summed E-state index contributed by atoms with van der Waals surface area (Å²) >= 11 is 0. The van der Waals surface area contributed by atoms with Gasteiger partial charge in [-0.1, -0.05) is 36.4 Å². The Morgan fingerprint density at radius 3 is 2.32 bits per heavy atom. The number of rotatable bonds is 8. The maximum atomic E-state index is 13.6. The summed E-state index contributed by atoms with van der Waals surface area (Å²) in [7, 11) is 0. The average molecular weight is 461 g/mol. The van der Waals surface area contributed by atoms with Crippen LogP contribution in [0, 0.1) is 11.6 Å². The Balaban J connectivity index is 1.60. The average Bonchev–Trinajstić information content (AvgIpc) is 3.20. The Bertz CT molecular complexity index is 1350. The lowest BCUT2D eigenvalue weighted by Crippen LogP contribution is -2.13. The molecule has 0 aliphatic carbocycles. The molecule has 172 valence electrons. The van der Waals surface area contributed by atoms with Crippen molar-refractivity contribution < 1.29 is 23.1 Å². The molecule has 1 heterocycles. The van der Waals surface area contributed by atoms with Crippen LogP contribution in [0.25, 0.3) is 0 Å². The highest BCUT2D eigenvalue weighted by atomic mass is 19.1. The molecule has 0 saturated heterocycles. The van der Waals surface area contributed by atoms with Crippen LogP contribution in [0.4, 0.5) is 14.5 Å². The zero-order chi connectivity index (χ0) is 24.1. The number of Topliss-reactive ketones (excluding diaryl/α,β-unsaturated/α-hetero) is 1.